The van der Waals surface area contributed by atoms with Crippen molar-refractivity contribution in [2.24, 2.45) is 11.8 Å². The summed E-state index contributed by atoms with van der Waals surface area (Å²) in [5.41, 5.74) is 0. The summed E-state index contributed by atoms with van der Waals surface area (Å²) in [5.74, 6) is 3.88. The summed E-state index contributed by atoms with van der Waals surface area (Å²) in [6.45, 7) is 2.37. The molecular formula is C12H23NOS. The minimum Gasteiger partial charge on any atom is -0.392 e. The second-order valence-corrected chi connectivity index (χ2v) is 6.18. The summed E-state index contributed by atoms with van der Waals surface area (Å²) in [6.07, 6.45) is 6.49. The number of aliphatic hydroxyl groups excluding tert-OH is 1. The molecule has 2 nitrogen and oxygen atoms in total. The summed E-state index contributed by atoms with van der Waals surface area (Å²) >= 11 is 1.94. The first-order valence-corrected chi connectivity index (χ1v) is 7.46. The molecule has 0 aromatic heterocycles. The lowest BCUT2D eigenvalue weighted by atomic mass is 10.0. The van der Waals surface area contributed by atoms with Crippen LogP contribution in [0.3, 0.4) is 0 Å². The van der Waals surface area contributed by atoms with Gasteiger partial charge in [-0.15, -0.1) is 0 Å². The van der Waals surface area contributed by atoms with Gasteiger partial charge in [0.25, 0.3) is 0 Å². The normalized spacial score (nSPS) is 25.4. The van der Waals surface area contributed by atoms with E-state index in [1.54, 1.807) is 0 Å². The van der Waals surface area contributed by atoms with Crippen molar-refractivity contribution in [1.29, 1.82) is 0 Å². The second kappa shape index (κ2) is 6.12. The number of hydrogen-bond acceptors (Lipinski definition) is 3. The molecule has 0 radical (unpaired) electrons. The molecule has 1 saturated carbocycles. The quantitative estimate of drug-likeness (QED) is 0.729. The van der Waals surface area contributed by atoms with Crippen LogP contribution in [0.25, 0.3) is 0 Å². The molecule has 1 aliphatic carbocycles. The Morgan fingerprint density at radius 2 is 1.93 bits per heavy atom. The molecule has 15 heavy (non-hydrogen) atoms. The molecule has 88 valence electrons. The van der Waals surface area contributed by atoms with Crippen molar-refractivity contribution >= 4 is 11.8 Å². The Bertz CT molecular complexity index is 178. The highest BCUT2D eigenvalue weighted by molar-refractivity contribution is 7.99. The van der Waals surface area contributed by atoms with Crippen molar-refractivity contribution in [3.8, 4) is 0 Å². The van der Waals surface area contributed by atoms with E-state index in [1.807, 2.05) is 11.8 Å². The molecule has 2 fully saturated rings. The van der Waals surface area contributed by atoms with Gasteiger partial charge in [0, 0.05) is 5.75 Å². The Hall–Kier alpha value is 0.270. The van der Waals surface area contributed by atoms with Gasteiger partial charge in [0.15, 0.2) is 0 Å². The Morgan fingerprint density at radius 1 is 1.20 bits per heavy atom. The van der Waals surface area contributed by atoms with Gasteiger partial charge in [0.1, 0.15) is 0 Å². The van der Waals surface area contributed by atoms with Crippen molar-refractivity contribution in [1.82, 2.24) is 5.32 Å². The van der Waals surface area contributed by atoms with E-state index in [1.165, 1.54) is 44.5 Å². The Morgan fingerprint density at radius 3 is 2.53 bits per heavy atom. The number of rotatable bonds is 6. The Balaban J connectivity index is 1.49. The fraction of sp³-hybridized carbons (Fsp3) is 1.00. The van der Waals surface area contributed by atoms with Crippen molar-refractivity contribution in [3.05, 3.63) is 0 Å². The van der Waals surface area contributed by atoms with Gasteiger partial charge in [0.05, 0.1) is 6.10 Å². The summed E-state index contributed by atoms with van der Waals surface area (Å²) in [6, 6.07) is 0. The van der Waals surface area contributed by atoms with Crippen molar-refractivity contribution in [2.45, 2.75) is 38.2 Å². The van der Waals surface area contributed by atoms with Crippen LogP contribution in [0.5, 0.6) is 0 Å². The molecule has 1 heterocycles. The molecule has 2 aliphatic rings. The van der Waals surface area contributed by atoms with Crippen molar-refractivity contribution in [2.75, 3.05) is 24.6 Å². The number of thioether (sulfide) groups is 1. The predicted octanol–water partition coefficient (Wildman–Crippen LogP) is 1.88. The maximum Gasteiger partial charge on any atom is 0.0633 e. The fourth-order valence-corrected chi connectivity index (χ4v) is 3.65. The zero-order valence-electron chi connectivity index (χ0n) is 9.45. The molecule has 2 N–H and O–H groups in total. The zero-order chi connectivity index (χ0) is 10.5. The molecule has 0 aromatic rings. The third-order valence-electron chi connectivity index (χ3n) is 3.61. The average molecular weight is 229 g/mol. The van der Waals surface area contributed by atoms with E-state index in [0.29, 0.717) is 0 Å². The van der Waals surface area contributed by atoms with E-state index in [-0.39, 0.29) is 6.10 Å². The SMILES string of the molecule is OC(CSCC1CNC1)CC1CCCC1. The van der Waals surface area contributed by atoms with E-state index >= 15 is 0 Å². The summed E-state index contributed by atoms with van der Waals surface area (Å²) in [5, 5.41) is 13.2. The number of hydrogen-bond donors (Lipinski definition) is 2. The molecule has 1 saturated heterocycles. The fourth-order valence-electron chi connectivity index (χ4n) is 2.54. The lowest BCUT2D eigenvalue weighted by Crippen LogP contribution is -2.43. The van der Waals surface area contributed by atoms with Crippen LogP contribution in [-0.4, -0.2) is 35.8 Å². The topological polar surface area (TPSA) is 32.3 Å². The van der Waals surface area contributed by atoms with Crippen LogP contribution in [0.15, 0.2) is 0 Å². The van der Waals surface area contributed by atoms with Crippen molar-refractivity contribution in [3.63, 3.8) is 0 Å². The van der Waals surface area contributed by atoms with E-state index in [9.17, 15) is 5.11 Å². The predicted molar refractivity (Wildman–Crippen MR) is 66.3 cm³/mol. The van der Waals surface area contributed by atoms with Gasteiger partial charge in [-0.1, -0.05) is 25.7 Å². The van der Waals surface area contributed by atoms with Crippen LogP contribution in [-0.2, 0) is 0 Å². The first kappa shape index (κ1) is 11.7. The third kappa shape index (κ3) is 3.97. The third-order valence-corrected chi connectivity index (χ3v) is 4.94. The lowest BCUT2D eigenvalue weighted by molar-refractivity contribution is 0.165. The molecule has 1 unspecified atom stereocenters. The summed E-state index contributed by atoms with van der Waals surface area (Å²) in [7, 11) is 0. The lowest BCUT2D eigenvalue weighted by Gasteiger charge is -2.27. The molecule has 0 spiro atoms. The van der Waals surface area contributed by atoms with Crippen LogP contribution in [0.2, 0.25) is 0 Å². The smallest absolute Gasteiger partial charge is 0.0633 e. The monoisotopic (exact) mass is 229 g/mol. The zero-order valence-corrected chi connectivity index (χ0v) is 10.3. The van der Waals surface area contributed by atoms with Gasteiger partial charge in [-0.2, -0.15) is 11.8 Å². The van der Waals surface area contributed by atoms with E-state index in [4.69, 9.17) is 0 Å². The maximum atomic E-state index is 9.88. The molecule has 2 rings (SSSR count). The first-order chi connectivity index (χ1) is 7.34. The van der Waals surface area contributed by atoms with Gasteiger partial charge in [-0.25, -0.2) is 0 Å². The van der Waals surface area contributed by atoms with E-state index in [2.05, 4.69) is 5.32 Å². The molecule has 1 aliphatic heterocycles. The molecule has 1 atom stereocenters. The van der Waals surface area contributed by atoms with Crippen LogP contribution in [0.4, 0.5) is 0 Å². The molecule has 3 heteroatoms. The van der Waals surface area contributed by atoms with Crippen LogP contribution < -0.4 is 5.32 Å². The highest BCUT2D eigenvalue weighted by Gasteiger charge is 2.20. The van der Waals surface area contributed by atoms with Crippen molar-refractivity contribution < 1.29 is 5.11 Å². The second-order valence-electron chi connectivity index (χ2n) is 5.10. The summed E-state index contributed by atoms with van der Waals surface area (Å²) < 4.78 is 0. The van der Waals surface area contributed by atoms with Crippen LogP contribution in [0.1, 0.15) is 32.1 Å². The van der Waals surface area contributed by atoms with E-state index in [0.717, 1.165) is 24.0 Å². The van der Waals surface area contributed by atoms with Gasteiger partial charge in [-0.05, 0) is 37.1 Å². The molecule has 0 bridgehead atoms. The van der Waals surface area contributed by atoms with Crippen LogP contribution in [0, 0.1) is 11.8 Å². The number of aliphatic hydroxyl groups is 1. The van der Waals surface area contributed by atoms with Gasteiger partial charge >= 0.3 is 0 Å². The molecular weight excluding hydrogens is 206 g/mol. The van der Waals surface area contributed by atoms with Crippen LogP contribution >= 0.6 is 11.8 Å². The average Bonchev–Trinajstić information content (AvgIpc) is 2.62. The highest BCUT2D eigenvalue weighted by Crippen LogP contribution is 2.29. The Labute approximate surface area is 97.2 Å². The Kier molecular flexibility index (Phi) is 4.79. The highest BCUT2D eigenvalue weighted by atomic mass is 32.2. The standard InChI is InChI=1S/C12H23NOS/c14-12(5-10-3-1-2-4-10)9-15-8-11-6-13-7-11/h10-14H,1-9H2. The van der Waals surface area contributed by atoms with Gasteiger partial charge in [-0.3, -0.25) is 0 Å². The minimum atomic E-state index is -0.0499. The van der Waals surface area contributed by atoms with E-state index < -0.39 is 0 Å². The first-order valence-electron chi connectivity index (χ1n) is 6.31. The van der Waals surface area contributed by atoms with Gasteiger partial charge < -0.3 is 10.4 Å². The van der Waals surface area contributed by atoms with Gasteiger partial charge in [0.2, 0.25) is 0 Å². The number of nitrogens with one attached hydrogen (secondary N) is 1. The largest absolute Gasteiger partial charge is 0.392 e. The summed E-state index contributed by atoms with van der Waals surface area (Å²) in [4.78, 5) is 0. The molecule has 0 aromatic carbocycles. The molecule has 0 amide bonds. The maximum absolute atomic E-state index is 9.88. The minimum absolute atomic E-state index is 0.0499.